The first-order valence-corrected chi connectivity index (χ1v) is 7.56. The monoisotopic (exact) mass is 349 g/mol. The number of halogens is 1. The Bertz CT molecular complexity index is 641. The van der Waals surface area contributed by atoms with Gasteiger partial charge in [0, 0.05) is 22.8 Å². The van der Waals surface area contributed by atoms with Gasteiger partial charge in [-0.2, -0.15) is 0 Å². The van der Waals surface area contributed by atoms with E-state index in [2.05, 4.69) is 53.3 Å². The van der Waals surface area contributed by atoms with Crippen LogP contribution >= 0.6 is 15.9 Å². The van der Waals surface area contributed by atoms with E-state index in [1.807, 2.05) is 12.1 Å². The molecule has 0 amide bonds. The van der Waals surface area contributed by atoms with E-state index in [0.717, 1.165) is 33.8 Å². The smallest absolute Gasteiger partial charge is 0.162 e. The highest BCUT2D eigenvalue weighted by atomic mass is 79.9. The molecule has 0 aliphatic rings. The van der Waals surface area contributed by atoms with E-state index in [1.165, 1.54) is 11.1 Å². The molecular formula is C17H20BrNO2. The van der Waals surface area contributed by atoms with Crippen LogP contribution in [0.1, 0.15) is 16.7 Å². The summed E-state index contributed by atoms with van der Waals surface area (Å²) < 4.78 is 11.8. The molecule has 0 heterocycles. The number of rotatable bonds is 5. The molecule has 0 saturated heterocycles. The molecule has 4 heteroatoms. The molecule has 0 aliphatic carbocycles. The van der Waals surface area contributed by atoms with E-state index in [1.54, 1.807) is 14.2 Å². The molecule has 2 aromatic rings. The first-order valence-electron chi connectivity index (χ1n) is 6.76. The molecule has 0 spiro atoms. The molecule has 0 atom stereocenters. The molecule has 0 unspecified atom stereocenters. The second-order valence-electron chi connectivity index (χ2n) is 4.97. The zero-order valence-corrected chi connectivity index (χ0v) is 14.4. The van der Waals surface area contributed by atoms with Crippen LogP contribution < -0.4 is 14.8 Å². The van der Waals surface area contributed by atoms with Crippen molar-refractivity contribution in [2.75, 3.05) is 19.5 Å². The highest BCUT2D eigenvalue weighted by Gasteiger charge is 2.09. The lowest BCUT2D eigenvalue weighted by atomic mass is 10.1. The van der Waals surface area contributed by atoms with Crippen molar-refractivity contribution in [2.24, 2.45) is 0 Å². The summed E-state index contributed by atoms with van der Waals surface area (Å²) in [4.78, 5) is 0. The maximum atomic E-state index is 5.35. The normalized spacial score (nSPS) is 10.3. The maximum Gasteiger partial charge on any atom is 0.162 e. The third-order valence-electron chi connectivity index (χ3n) is 3.41. The van der Waals surface area contributed by atoms with Gasteiger partial charge >= 0.3 is 0 Å². The number of aryl methyl sites for hydroxylation is 2. The molecule has 0 bridgehead atoms. The van der Waals surface area contributed by atoms with Crippen LogP contribution in [0.25, 0.3) is 0 Å². The summed E-state index contributed by atoms with van der Waals surface area (Å²) in [5.41, 5.74) is 4.62. The van der Waals surface area contributed by atoms with Crippen molar-refractivity contribution in [3.8, 4) is 11.5 Å². The standard InChI is InChI=1S/C17H20BrNO2/c1-11-5-6-13(14(18)7-11)10-19-15-9-17(21-4)16(20-3)8-12(15)2/h5-9,19H,10H2,1-4H3. The van der Waals surface area contributed by atoms with Gasteiger partial charge in [-0.25, -0.2) is 0 Å². The fourth-order valence-corrected chi connectivity index (χ4v) is 2.79. The topological polar surface area (TPSA) is 30.5 Å². The van der Waals surface area contributed by atoms with Gasteiger partial charge in [0.05, 0.1) is 14.2 Å². The van der Waals surface area contributed by atoms with Crippen molar-refractivity contribution in [1.82, 2.24) is 0 Å². The molecule has 3 nitrogen and oxygen atoms in total. The van der Waals surface area contributed by atoms with E-state index in [9.17, 15) is 0 Å². The maximum absolute atomic E-state index is 5.35. The van der Waals surface area contributed by atoms with E-state index >= 15 is 0 Å². The quantitative estimate of drug-likeness (QED) is 0.848. The second-order valence-corrected chi connectivity index (χ2v) is 5.82. The molecule has 0 aromatic heterocycles. The highest BCUT2D eigenvalue weighted by Crippen LogP contribution is 2.33. The van der Waals surface area contributed by atoms with Crippen LogP contribution in [-0.4, -0.2) is 14.2 Å². The van der Waals surface area contributed by atoms with E-state index in [0.29, 0.717) is 0 Å². The van der Waals surface area contributed by atoms with Gasteiger partial charge in [-0.15, -0.1) is 0 Å². The van der Waals surface area contributed by atoms with Crippen molar-refractivity contribution < 1.29 is 9.47 Å². The summed E-state index contributed by atoms with van der Waals surface area (Å²) in [6.07, 6.45) is 0. The molecule has 2 aromatic carbocycles. The van der Waals surface area contributed by atoms with Crippen LogP contribution in [0.5, 0.6) is 11.5 Å². The first kappa shape index (κ1) is 15.7. The number of ether oxygens (including phenoxy) is 2. The van der Waals surface area contributed by atoms with Crippen molar-refractivity contribution in [1.29, 1.82) is 0 Å². The van der Waals surface area contributed by atoms with Crippen LogP contribution in [0, 0.1) is 13.8 Å². The summed E-state index contributed by atoms with van der Waals surface area (Å²) in [6.45, 7) is 4.88. The average molecular weight is 350 g/mol. The van der Waals surface area contributed by atoms with Gasteiger partial charge < -0.3 is 14.8 Å². The van der Waals surface area contributed by atoms with E-state index in [-0.39, 0.29) is 0 Å². The number of nitrogens with one attached hydrogen (secondary N) is 1. The minimum atomic E-state index is 0.730. The predicted molar refractivity (Wildman–Crippen MR) is 90.5 cm³/mol. The number of hydrogen-bond acceptors (Lipinski definition) is 3. The van der Waals surface area contributed by atoms with E-state index in [4.69, 9.17) is 9.47 Å². The first-order chi connectivity index (χ1) is 10.0. The van der Waals surface area contributed by atoms with Crippen molar-refractivity contribution in [2.45, 2.75) is 20.4 Å². The molecule has 0 radical (unpaired) electrons. The number of hydrogen-bond donors (Lipinski definition) is 1. The fourth-order valence-electron chi connectivity index (χ4n) is 2.16. The lowest BCUT2D eigenvalue weighted by Crippen LogP contribution is -2.03. The van der Waals surface area contributed by atoms with Crippen molar-refractivity contribution in [3.05, 3.63) is 51.5 Å². The van der Waals surface area contributed by atoms with E-state index < -0.39 is 0 Å². The predicted octanol–water partition coefficient (Wildman–Crippen LogP) is 4.70. The molecule has 1 N–H and O–H groups in total. The summed E-state index contributed by atoms with van der Waals surface area (Å²) in [5.74, 6) is 1.48. The highest BCUT2D eigenvalue weighted by molar-refractivity contribution is 9.10. The molecule has 0 saturated carbocycles. The van der Waals surface area contributed by atoms with Crippen LogP contribution in [0.4, 0.5) is 5.69 Å². The minimum absolute atomic E-state index is 0.730. The SMILES string of the molecule is COc1cc(C)c(NCc2ccc(C)cc2Br)cc1OC. The molecule has 0 aliphatic heterocycles. The van der Waals surface area contributed by atoms with Gasteiger partial charge in [0.25, 0.3) is 0 Å². The van der Waals surface area contributed by atoms with Crippen LogP contribution in [0.3, 0.4) is 0 Å². The Hall–Kier alpha value is -1.68. The zero-order valence-electron chi connectivity index (χ0n) is 12.8. The Kier molecular flexibility index (Phi) is 5.12. The number of benzene rings is 2. The summed E-state index contributed by atoms with van der Waals surface area (Å²) in [6, 6.07) is 10.3. The summed E-state index contributed by atoms with van der Waals surface area (Å²) in [7, 11) is 3.29. The fraction of sp³-hybridized carbons (Fsp3) is 0.294. The van der Waals surface area contributed by atoms with Crippen molar-refractivity contribution in [3.63, 3.8) is 0 Å². The Morgan fingerprint density at radius 3 is 2.29 bits per heavy atom. The Morgan fingerprint density at radius 1 is 1.00 bits per heavy atom. The average Bonchev–Trinajstić information content (AvgIpc) is 2.47. The zero-order chi connectivity index (χ0) is 15.4. The Balaban J connectivity index is 2.19. The summed E-state index contributed by atoms with van der Waals surface area (Å²) in [5, 5.41) is 3.45. The molecule has 0 fully saturated rings. The Morgan fingerprint density at radius 2 is 1.67 bits per heavy atom. The van der Waals surface area contributed by atoms with Gasteiger partial charge in [0.15, 0.2) is 11.5 Å². The Labute approximate surface area is 134 Å². The van der Waals surface area contributed by atoms with Gasteiger partial charge in [0.1, 0.15) is 0 Å². The van der Waals surface area contributed by atoms with Crippen LogP contribution in [0.15, 0.2) is 34.8 Å². The largest absolute Gasteiger partial charge is 0.493 e. The third-order valence-corrected chi connectivity index (χ3v) is 4.15. The van der Waals surface area contributed by atoms with Gasteiger partial charge in [0.2, 0.25) is 0 Å². The lowest BCUT2D eigenvalue weighted by Gasteiger charge is -2.15. The second kappa shape index (κ2) is 6.85. The van der Waals surface area contributed by atoms with Crippen molar-refractivity contribution >= 4 is 21.6 Å². The number of anilines is 1. The lowest BCUT2D eigenvalue weighted by molar-refractivity contribution is 0.355. The van der Waals surface area contributed by atoms with Crippen LogP contribution in [0.2, 0.25) is 0 Å². The minimum Gasteiger partial charge on any atom is -0.493 e. The molecule has 112 valence electrons. The van der Waals surface area contributed by atoms with Crippen LogP contribution in [-0.2, 0) is 6.54 Å². The third kappa shape index (κ3) is 3.70. The molecule has 21 heavy (non-hydrogen) atoms. The van der Waals surface area contributed by atoms with Gasteiger partial charge in [-0.05, 0) is 42.7 Å². The number of methoxy groups -OCH3 is 2. The summed E-state index contributed by atoms with van der Waals surface area (Å²) >= 11 is 3.61. The molecule has 2 rings (SSSR count). The van der Waals surface area contributed by atoms with Gasteiger partial charge in [-0.1, -0.05) is 28.1 Å². The molecular weight excluding hydrogens is 330 g/mol. The van der Waals surface area contributed by atoms with Gasteiger partial charge in [-0.3, -0.25) is 0 Å².